The molecule has 0 aromatic heterocycles. The molecule has 1 saturated carbocycles. The summed E-state index contributed by atoms with van der Waals surface area (Å²) in [5.41, 5.74) is 8.24. The smallest absolute Gasteiger partial charge is 0.243 e. The summed E-state index contributed by atoms with van der Waals surface area (Å²) in [7, 11) is 0. The van der Waals surface area contributed by atoms with Crippen LogP contribution in [0.15, 0.2) is 72.8 Å². The summed E-state index contributed by atoms with van der Waals surface area (Å²) in [5, 5.41) is 21.2. The average molecular weight is 670 g/mol. The summed E-state index contributed by atoms with van der Waals surface area (Å²) < 4.78 is 13.5. The first kappa shape index (κ1) is 35.2. The van der Waals surface area contributed by atoms with Gasteiger partial charge in [-0.15, -0.1) is 0 Å². The maximum Gasteiger partial charge on any atom is 0.243 e. The van der Waals surface area contributed by atoms with E-state index in [1.807, 2.05) is 30.3 Å². The van der Waals surface area contributed by atoms with Gasteiger partial charge in [0.15, 0.2) is 6.29 Å². The molecular formula is C40H51N3O6. The average Bonchev–Trinajstić information content (AvgIpc) is 3.34. The van der Waals surface area contributed by atoms with E-state index in [1.54, 1.807) is 5.48 Å². The van der Waals surface area contributed by atoms with Gasteiger partial charge in [0, 0.05) is 50.5 Å². The van der Waals surface area contributed by atoms with Gasteiger partial charge in [-0.3, -0.25) is 19.7 Å². The molecule has 262 valence electrons. The quantitative estimate of drug-likeness (QED) is 0.127. The Bertz CT molecular complexity index is 1610. The van der Waals surface area contributed by atoms with Crippen molar-refractivity contribution in [1.29, 1.82) is 0 Å². The molecule has 2 bridgehead atoms. The van der Waals surface area contributed by atoms with Crippen molar-refractivity contribution in [1.82, 2.24) is 15.7 Å². The first-order chi connectivity index (χ1) is 23.5. The number of nitrogens with zero attached hydrogens (tertiary/aromatic N) is 1. The van der Waals surface area contributed by atoms with Crippen molar-refractivity contribution in [3.63, 3.8) is 0 Å². The fourth-order valence-corrected chi connectivity index (χ4v) is 8.56. The molecule has 5 unspecified atom stereocenters. The largest absolute Gasteiger partial charge is 0.392 e. The molecule has 5 atom stereocenters. The lowest BCUT2D eigenvalue weighted by atomic mass is 9.65. The number of aliphatic hydroxyl groups is 1. The highest BCUT2D eigenvalue weighted by Crippen LogP contribution is 2.53. The van der Waals surface area contributed by atoms with Crippen molar-refractivity contribution in [2.45, 2.75) is 103 Å². The fourth-order valence-electron chi connectivity index (χ4n) is 8.56. The number of aliphatic hydroxyl groups excluding tert-OH is 1. The van der Waals surface area contributed by atoms with E-state index >= 15 is 0 Å². The molecule has 9 nitrogen and oxygen atoms in total. The van der Waals surface area contributed by atoms with E-state index in [0.717, 1.165) is 52.9 Å². The second-order valence-corrected chi connectivity index (χ2v) is 15.5. The minimum absolute atomic E-state index is 0.000878. The van der Waals surface area contributed by atoms with E-state index in [4.69, 9.17) is 14.7 Å². The lowest BCUT2D eigenvalue weighted by molar-refractivity contribution is -0.253. The highest BCUT2D eigenvalue weighted by Gasteiger charge is 2.50. The van der Waals surface area contributed by atoms with Crippen LogP contribution in [0.25, 0.3) is 11.1 Å². The van der Waals surface area contributed by atoms with Crippen LogP contribution in [0.2, 0.25) is 0 Å². The second-order valence-electron chi connectivity index (χ2n) is 15.5. The SMILES string of the molecule is CC1(C)CC2CC(C)(CN2CC2CC(c3ccc(CO)cc3)OC(c3cccc(-c4cccc(CNC(=O)CCCC(=O)NO)c4)c3)O2)C1. The topological polar surface area (TPSA) is 120 Å². The Hall–Kier alpha value is -3.60. The molecule has 9 heteroatoms. The van der Waals surface area contributed by atoms with Crippen LogP contribution in [-0.4, -0.2) is 52.3 Å². The monoisotopic (exact) mass is 669 g/mol. The van der Waals surface area contributed by atoms with Crippen LogP contribution in [-0.2, 0) is 32.2 Å². The van der Waals surface area contributed by atoms with E-state index in [0.29, 0.717) is 29.8 Å². The Kier molecular flexibility index (Phi) is 10.9. The number of carbonyl (C=O) groups excluding carboxylic acids is 2. The molecule has 2 amide bonds. The van der Waals surface area contributed by atoms with Crippen molar-refractivity contribution >= 4 is 11.8 Å². The zero-order valence-corrected chi connectivity index (χ0v) is 29.0. The van der Waals surface area contributed by atoms with Crippen LogP contribution in [0, 0.1) is 10.8 Å². The molecule has 0 spiro atoms. The first-order valence-corrected chi connectivity index (χ1v) is 17.6. The maximum absolute atomic E-state index is 12.3. The maximum atomic E-state index is 12.3. The van der Waals surface area contributed by atoms with Crippen molar-refractivity contribution < 1.29 is 29.4 Å². The normalized spacial score (nSPS) is 26.3. The number of amides is 2. The summed E-state index contributed by atoms with van der Waals surface area (Å²) in [5.74, 6) is -0.642. The van der Waals surface area contributed by atoms with Crippen LogP contribution < -0.4 is 10.8 Å². The molecular weight excluding hydrogens is 618 g/mol. The van der Waals surface area contributed by atoms with Crippen LogP contribution in [0.3, 0.4) is 0 Å². The lowest BCUT2D eigenvalue weighted by Gasteiger charge is -2.41. The van der Waals surface area contributed by atoms with Gasteiger partial charge in [0.25, 0.3) is 0 Å². The van der Waals surface area contributed by atoms with Gasteiger partial charge in [-0.05, 0) is 76.5 Å². The Morgan fingerprint density at radius 2 is 1.61 bits per heavy atom. The van der Waals surface area contributed by atoms with Crippen LogP contribution in [0.1, 0.15) is 100 Å². The number of likely N-dealkylation sites (tertiary alicyclic amines) is 1. The zero-order valence-electron chi connectivity index (χ0n) is 29.0. The molecule has 3 fully saturated rings. The molecule has 6 rings (SSSR count). The zero-order chi connectivity index (χ0) is 34.6. The number of fused-ring (bicyclic) bond motifs is 2. The predicted octanol–water partition coefficient (Wildman–Crippen LogP) is 6.58. The van der Waals surface area contributed by atoms with Gasteiger partial charge in [-0.1, -0.05) is 81.4 Å². The third-order valence-electron chi connectivity index (χ3n) is 10.4. The molecule has 2 saturated heterocycles. The molecule has 3 aliphatic rings. The third-order valence-corrected chi connectivity index (χ3v) is 10.4. The van der Waals surface area contributed by atoms with E-state index < -0.39 is 12.2 Å². The molecule has 4 N–H and O–H groups in total. The summed E-state index contributed by atoms with van der Waals surface area (Å²) in [4.78, 5) is 26.2. The van der Waals surface area contributed by atoms with Crippen LogP contribution in [0.5, 0.6) is 0 Å². The Labute approximate surface area is 290 Å². The van der Waals surface area contributed by atoms with E-state index in [-0.39, 0.29) is 37.6 Å². The van der Waals surface area contributed by atoms with Gasteiger partial charge in [0.2, 0.25) is 11.8 Å². The summed E-state index contributed by atoms with van der Waals surface area (Å²) in [6.07, 6.45) is 4.49. The number of hydrogen-bond donors (Lipinski definition) is 4. The lowest BCUT2D eigenvalue weighted by Crippen LogP contribution is -2.42. The van der Waals surface area contributed by atoms with Crippen molar-refractivity contribution in [2.75, 3.05) is 13.1 Å². The van der Waals surface area contributed by atoms with Crippen LogP contribution in [0.4, 0.5) is 0 Å². The second kappa shape index (κ2) is 15.1. The number of hydroxylamine groups is 1. The summed E-state index contributed by atoms with van der Waals surface area (Å²) >= 11 is 0. The summed E-state index contributed by atoms with van der Waals surface area (Å²) in [6.45, 7) is 9.65. The van der Waals surface area contributed by atoms with Gasteiger partial charge in [0.05, 0.1) is 18.8 Å². The van der Waals surface area contributed by atoms with Crippen LogP contribution >= 0.6 is 0 Å². The molecule has 0 radical (unpaired) electrons. The Morgan fingerprint density at radius 3 is 2.37 bits per heavy atom. The van der Waals surface area contributed by atoms with E-state index in [1.165, 1.54) is 19.3 Å². The number of carbonyl (C=O) groups is 2. The van der Waals surface area contributed by atoms with E-state index in [9.17, 15) is 14.7 Å². The van der Waals surface area contributed by atoms with Gasteiger partial charge in [-0.25, -0.2) is 5.48 Å². The fraction of sp³-hybridized carbons (Fsp3) is 0.500. The molecule has 2 heterocycles. The number of benzene rings is 3. The van der Waals surface area contributed by atoms with Gasteiger partial charge in [-0.2, -0.15) is 0 Å². The minimum Gasteiger partial charge on any atom is -0.392 e. The highest BCUT2D eigenvalue weighted by molar-refractivity contribution is 5.78. The molecule has 3 aromatic rings. The number of ether oxygens (including phenoxy) is 2. The van der Waals surface area contributed by atoms with Gasteiger partial charge < -0.3 is 19.9 Å². The Morgan fingerprint density at radius 1 is 0.878 bits per heavy atom. The standard InChI is InChI=1S/C40H51N3O6/c1-39(2)20-33-21-40(3,25-39)26-43(33)23-34-19-35(29-15-13-27(24-44)14-16-29)49-38(48-34)32-10-5-9-31(18-32)30-8-4-7-28(17-30)22-41-36(45)11-6-12-37(46)42-47/h4-5,7-10,13-18,33-35,38,44,47H,6,11-12,19-26H2,1-3H3,(H,41,45)(H,42,46). The minimum atomic E-state index is -0.536. The molecule has 1 aliphatic carbocycles. The first-order valence-electron chi connectivity index (χ1n) is 17.6. The van der Waals surface area contributed by atoms with Crippen molar-refractivity contribution in [2.24, 2.45) is 10.8 Å². The van der Waals surface area contributed by atoms with E-state index in [2.05, 4.69) is 73.5 Å². The number of nitrogens with one attached hydrogen (secondary N) is 2. The Balaban J connectivity index is 1.17. The number of hydrogen-bond acceptors (Lipinski definition) is 7. The highest BCUT2D eigenvalue weighted by atomic mass is 16.7. The summed E-state index contributed by atoms with van der Waals surface area (Å²) in [6, 6.07) is 25.0. The predicted molar refractivity (Wildman–Crippen MR) is 187 cm³/mol. The number of rotatable bonds is 12. The molecule has 3 aromatic carbocycles. The van der Waals surface area contributed by atoms with Gasteiger partial charge >= 0.3 is 0 Å². The molecule has 49 heavy (non-hydrogen) atoms. The van der Waals surface area contributed by atoms with Crippen molar-refractivity contribution in [3.8, 4) is 11.1 Å². The third kappa shape index (κ3) is 8.96. The molecule has 2 aliphatic heterocycles. The van der Waals surface area contributed by atoms with Gasteiger partial charge in [0.1, 0.15) is 0 Å². The van der Waals surface area contributed by atoms with Crippen molar-refractivity contribution in [3.05, 3.63) is 95.1 Å².